The third kappa shape index (κ3) is 7.94. The number of aryl methyl sites for hydroxylation is 1. The summed E-state index contributed by atoms with van der Waals surface area (Å²) >= 11 is 1.66. The molecule has 0 bridgehead atoms. The zero-order chi connectivity index (χ0) is 14.8. The Morgan fingerprint density at radius 1 is 1.45 bits per heavy atom. The van der Waals surface area contributed by atoms with E-state index in [1.807, 2.05) is 12.4 Å². The molecule has 4 nitrogen and oxygen atoms in total. The van der Waals surface area contributed by atoms with E-state index in [4.69, 9.17) is 4.74 Å². The lowest BCUT2D eigenvalue weighted by Crippen LogP contribution is -2.31. The summed E-state index contributed by atoms with van der Waals surface area (Å²) in [6, 6.07) is 0. The number of aliphatic hydroxyl groups excluding tert-OH is 1. The van der Waals surface area contributed by atoms with E-state index in [9.17, 15) is 5.11 Å². The van der Waals surface area contributed by atoms with Gasteiger partial charge in [-0.3, -0.25) is 0 Å². The van der Waals surface area contributed by atoms with E-state index >= 15 is 0 Å². The average molecular weight is 300 g/mol. The summed E-state index contributed by atoms with van der Waals surface area (Å²) in [5.41, 5.74) is 2.95. The maximum atomic E-state index is 9.77. The standard InChI is InChI=1S/C15H28N2O2S/c1-12(2)5-4-7-16-9-14(18)10-19-8-6-15-13(3)17-11-20-15/h11-12,14,16,18H,4-10H2,1-3H3. The zero-order valence-corrected chi connectivity index (χ0v) is 13.7. The number of hydrogen-bond acceptors (Lipinski definition) is 5. The fourth-order valence-corrected chi connectivity index (χ4v) is 2.68. The van der Waals surface area contributed by atoms with Crippen LogP contribution in [0.1, 0.15) is 37.3 Å². The molecule has 0 aliphatic carbocycles. The van der Waals surface area contributed by atoms with Crippen LogP contribution >= 0.6 is 11.3 Å². The number of nitrogens with one attached hydrogen (secondary N) is 1. The number of aromatic nitrogens is 1. The molecule has 1 aromatic heterocycles. The van der Waals surface area contributed by atoms with Crippen molar-refractivity contribution in [3.05, 3.63) is 16.1 Å². The van der Waals surface area contributed by atoms with Gasteiger partial charge in [0.25, 0.3) is 0 Å². The van der Waals surface area contributed by atoms with Gasteiger partial charge in [-0.1, -0.05) is 13.8 Å². The average Bonchev–Trinajstić information content (AvgIpc) is 2.79. The largest absolute Gasteiger partial charge is 0.389 e. The van der Waals surface area contributed by atoms with Crippen molar-refractivity contribution in [1.29, 1.82) is 0 Å². The lowest BCUT2D eigenvalue weighted by Gasteiger charge is -2.12. The van der Waals surface area contributed by atoms with Crippen molar-refractivity contribution in [3.63, 3.8) is 0 Å². The van der Waals surface area contributed by atoms with Gasteiger partial charge in [0.2, 0.25) is 0 Å². The Morgan fingerprint density at radius 3 is 2.90 bits per heavy atom. The van der Waals surface area contributed by atoms with Crippen LogP contribution in [0.25, 0.3) is 0 Å². The van der Waals surface area contributed by atoms with Crippen LogP contribution in [0.2, 0.25) is 0 Å². The van der Waals surface area contributed by atoms with E-state index in [-0.39, 0.29) is 0 Å². The lowest BCUT2D eigenvalue weighted by atomic mass is 10.1. The van der Waals surface area contributed by atoms with Crippen LogP contribution in [0.5, 0.6) is 0 Å². The van der Waals surface area contributed by atoms with Gasteiger partial charge in [0.15, 0.2) is 0 Å². The summed E-state index contributed by atoms with van der Waals surface area (Å²) in [5.74, 6) is 0.750. The van der Waals surface area contributed by atoms with Crippen molar-refractivity contribution in [1.82, 2.24) is 10.3 Å². The normalized spacial score (nSPS) is 13.1. The molecule has 5 heteroatoms. The molecule has 0 saturated heterocycles. The number of aliphatic hydroxyl groups is 1. The van der Waals surface area contributed by atoms with Crippen molar-refractivity contribution in [3.8, 4) is 0 Å². The van der Waals surface area contributed by atoms with Crippen LogP contribution in [-0.4, -0.2) is 42.5 Å². The van der Waals surface area contributed by atoms with Gasteiger partial charge in [-0.05, 0) is 32.2 Å². The molecule has 20 heavy (non-hydrogen) atoms. The minimum atomic E-state index is -0.420. The van der Waals surface area contributed by atoms with Gasteiger partial charge in [0.05, 0.1) is 30.5 Å². The number of ether oxygens (including phenoxy) is 1. The third-order valence-corrected chi connectivity index (χ3v) is 4.14. The second-order valence-corrected chi connectivity index (χ2v) is 6.52. The fourth-order valence-electron chi connectivity index (χ4n) is 1.91. The number of thiazole rings is 1. The second kappa shape index (κ2) is 10.3. The molecular weight excluding hydrogens is 272 g/mol. The summed E-state index contributed by atoms with van der Waals surface area (Å²) < 4.78 is 5.51. The Morgan fingerprint density at radius 2 is 2.25 bits per heavy atom. The number of rotatable bonds is 11. The van der Waals surface area contributed by atoms with Crippen LogP contribution in [0.4, 0.5) is 0 Å². The van der Waals surface area contributed by atoms with E-state index in [1.165, 1.54) is 11.3 Å². The number of nitrogens with zero attached hydrogens (tertiary/aromatic N) is 1. The molecule has 0 fully saturated rings. The molecule has 116 valence electrons. The highest BCUT2D eigenvalue weighted by Crippen LogP contribution is 2.12. The van der Waals surface area contributed by atoms with E-state index in [1.54, 1.807) is 11.3 Å². The fraction of sp³-hybridized carbons (Fsp3) is 0.800. The van der Waals surface area contributed by atoms with Gasteiger partial charge in [-0.2, -0.15) is 0 Å². The second-order valence-electron chi connectivity index (χ2n) is 5.58. The van der Waals surface area contributed by atoms with Crippen molar-refractivity contribution in [2.24, 2.45) is 5.92 Å². The van der Waals surface area contributed by atoms with Gasteiger partial charge in [-0.15, -0.1) is 11.3 Å². The summed E-state index contributed by atoms with van der Waals surface area (Å²) in [5, 5.41) is 13.0. The minimum absolute atomic E-state index is 0.398. The Kier molecular flexibility index (Phi) is 9.02. The highest BCUT2D eigenvalue weighted by molar-refractivity contribution is 7.09. The van der Waals surface area contributed by atoms with Crippen molar-refractivity contribution >= 4 is 11.3 Å². The van der Waals surface area contributed by atoms with Crippen LogP contribution in [-0.2, 0) is 11.2 Å². The molecule has 0 aromatic carbocycles. The zero-order valence-electron chi connectivity index (χ0n) is 12.9. The molecular formula is C15H28N2O2S. The van der Waals surface area contributed by atoms with Gasteiger partial charge in [0, 0.05) is 17.8 Å². The van der Waals surface area contributed by atoms with Gasteiger partial charge < -0.3 is 15.2 Å². The van der Waals surface area contributed by atoms with Gasteiger partial charge >= 0.3 is 0 Å². The van der Waals surface area contributed by atoms with E-state index in [2.05, 4.69) is 24.1 Å². The topological polar surface area (TPSA) is 54.4 Å². The van der Waals surface area contributed by atoms with Gasteiger partial charge in [0.1, 0.15) is 0 Å². The van der Waals surface area contributed by atoms with Crippen molar-refractivity contribution in [2.45, 2.75) is 46.1 Å². The van der Waals surface area contributed by atoms with E-state index in [0.717, 1.165) is 31.0 Å². The molecule has 1 rings (SSSR count). The highest BCUT2D eigenvalue weighted by Gasteiger charge is 2.05. The molecule has 1 atom stereocenters. The molecule has 0 aliphatic heterocycles. The minimum Gasteiger partial charge on any atom is -0.389 e. The molecule has 2 N–H and O–H groups in total. The van der Waals surface area contributed by atoms with Crippen LogP contribution in [0.15, 0.2) is 5.51 Å². The summed E-state index contributed by atoms with van der Waals surface area (Å²) in [6.45, 7) is 9.10. The molecule has 0 saturated carbocycles. The quantitative estimate of drug-likeness (QED) is 0.616. The first-order valence-corrected chi connectivity index (χ1v) is 8.33. The SMILES string of the molecule is Cc1ncsc1CCOCC(O)CNCCCC(C)C. The van der Waals surface area contributed by atoms with Crippen LogP contribution < -0.4 is 5.32 Å². The summed E-state index contributed by atoms with van der Waals surface area (Å²) in [4.78, 5) is 5.47. The van der Waals surface area contributed by atoms with Crippen LogP contribution in [0, 0.1) is 12.8 Å². The Bertz CT molecular complexity index is 355. The van der Waals surface area contributed by atoms with E-state index < -0.39 is 6.10 Å². The molecule has 0 spiro atoms. The maximum absolute atomic E-state index is 9.77. The first kappa shape index (κ1) is 17.6. The molecule has 0 radical (unpaired) electrons. The van der Waals surface area contributed by atoms with Gasteiger partial charge in [-0.25, -0.2) is 4.98 Å². The molecule has 0 amide bonds. The first-order valence-electron chi connectivity index (χ1n) is 7.45. The Hall–Kier alpha value is -0.490. The molecule has 1 aromatic rings. The smallest absolute Gasteiger partial charge is 0.0897 e. The molecule has 0 aliphatic rings. The third-order valence-electron chi connectivity index (χ3n) is 3.14. The molecule has 1 heterocycles. The summed E-state index contributed by atoms with van der Waals surface area (Å²) in [6.07, 6.45) is 2.85. The predicted molar refractivity (Wildman–Crippen MR) is 84.3 cm³/mol. The summed E-state index contributed by atoms with van der Waals surface area (Å²) in [7, 11) is 0. The maximum Gasteiger partial charge on any atom is 0.0897 e. The van der Waals surface area contributed by atoms with E-state index in [0.29, 0.717) is 19.8 Å². The Labute approximate surface area is 126 Å². The monoisotopic (exact) mass is 300 g/mol. The molecule has 1 unspecified atom stereocenters. The Balaban J connectivity index is 1.95. The van der Waals surface area contributed by atoms with Crippen LogP contribution in [0.3, 0.4) is 0 Å². The number of hydrogen-bond donors (Lipinski definition) is 2. The van der Waals surface area contributed by atoms with Crippen molar-refractivity contribution < 1.29 is 9.84 Å². The first-order chi connectivity index (χ1) is 9.59. The highest BCUT2D eigenvalue weighted by atomic mass is 32.1. The lowest BCUT2D eigenvalue weighted by molar-refractivity contribution is 0.0385. The van der Waals surface area contributed by atoms with Crippen molar-refractivity contribution in [2.75, 3.05) is 26.3 Å². The predicted octanol–water partition coefficient (Wildman–Crippen LogP) is 2.40.